The van der Waals surface area contributed by atoms with E-state index in [4.69, 9.17) is 0 Å². The summed E-state index contributed by atoms with van der Waals surface area (Å²) >= 11 is 0. The number of hydrogen-bond donors (Lipinski definition) is 0. The van der Waals surface area contributed by atoms with E-state index in [-0.39, 0.29) is 6.42 Å². The molecule has 0 aliphatic rings. The highest BCUT2D eigenvalue weighted by Crippen LogP contribution is 2.33. The number of carbonyl (C=O) groups is 1. The molecule has 0 aromatic rings. The molecule has 0 amide bonds. The summed E-state index contributed by atoms with van der Waals surface area (Å²) in [5.41, 5.74) is 0.345. The molecule has 1 radical (unpaired) electrons. The maximum absolute atomic E-state index is 10.3. The molecule has 2 nitrogen and oxygen atoms in total. The second kappa shape index (κ2) is 6.86. The highest BCUT2D eigenvalue weighted by atomic mass is 16.4. The van der Waals surface area contributed by atoms with E-state index < -0.39 is 5.97 Å². The third-order valence-corrected chi connectivity index (χ3v) is 3.05. The van der Waals surface area contributed by atoms with Crippen molar-refractivity contribution in [3.05, 3.63) is 0 Å². The first-order valence-electron chi connectivity index (χ1n) is 6.07. The summed E-state index contributed by atoms with van der Waals surface area (Å²) < 4.78 is 0. The molecule has 15 heavy (non-hydrogen) atoms. The first-order valence-corrected chi connectivity index (χ1v) is 6.07. The third kappa shape index (κ3) is 7.40. The highest BCUT2D eigenvalue weighted by molar-refractivity contribution is 5.66. The first kappa shape index (κ1) is 14.5. The van der Waals surface area contributed by atoms with Crippen molar-refractivity contribution in [1.82, 2.24) is 0 Å². The van der Waals surface area contributed by atoms with Gasteiger partial charge in [0.25, 0.3) is 0 Å². The van der Waals surface area contributed by atoms with Crippen molar-refractivity contribution in [3.63, 3.8) is 0 Å². The van der Waals surface area contributed by atoms with E-state index in [1.807, 2.05) is 0 Å². The molecule has 0 aromatic heterocycles. The Labute approximate surface area is 94.1 Å². The molecule has 0 rings (SSSR count). The number of carbonyl (C=O) groups excluding carboxylic acids is 1. The molecule has 0 bridgehead atoms. The van der Waals surface area contributed by atoms with E-state index in [1.54, 1.807) is 0 Å². The summed E-state index contributed by atoms with van der Waals surface area (Å²) in [6.07, 6.45) is 5.58. The van der Waals surface area contributed by atoms with Crippen molar-refractivity contribution in [3.8, 4) is 0 Å². The minimum absolute atomic E-state index is 0.211. The van der Waals surface area contributed by atoms with Gasteiger partial charge >= 0.3 is 5.97 Å². The fraction of sp³-hybridized carbons (Fsp3) is 0.923. The maximum atomic E-state index is 10.3. The Balaban J connectivity index is 3.82. The standard InChI is InChI=1S/C13H25O2/c1-5-8-11(13(2,3)4)9-6-7-10-12(14)15/h11H,5-10H2,1-4H3. The van der Waals surface area contributed by atoms with Gasteiger partial charge in [-0.1, -0.05) is 47.0 Å². The summed E-state index contributed by atoms with van der Waals surface area (Å²) in [6, 6.07) is 0. The summed E-state index contributed by atoms with van der Waals surface area (Å²) in [4.78, 5) is 10.3. The Morgan fingerprint density at radius 3 is 2.13 bits per heavy atom. The van der Waals surface area contributed by atoms with Gasteiger partial charge in [-0.15, -0.1) is 0 Å². The number of hydrogen-bond acceptors (Lipinski definition) is 1. The Hall–Kier alpha value is -0.530. The molecule has 0 N–H and O–H groups in total. The van der Waals surface area contributed by atoms with Crippen LogP contribution >= 0.6 is 0 Å². The van der Waals surface area contributed by atoms with Gasteiger partial charge in [0.1, 0.15) is 0 Å². The van der Waals surface area contributed by atoms with Crippen molar-refractivity contribution in [1.29, 1.82) is 0 Å². The second-order valence-electron chi connectivity index (χ2n) is 5.47. The van der Waals surface area contributed by atoms with Crippen molar-refractivity contribution in [2.45, 2.75) is 66.2 Å². The lowest BCUT2D eigenvalue weighted by molar-refractivity contribution is -0.143. The largest absolute Gasteiger partial charge is 0.355 e. The molecule has 2 heteroatoms. The zero-order valence-corrected chi connectivity index (χ0v) is 10.6. The van der Waals surface area contributed by atoms with Crippen molar-refractivity contribution in [2.75, 3.05) is 0 Å². The van der Waals surface area contributed by atoms with E-state index in [0.717, 1.165) is 19.3 Å². The van der Waals surface area contributed by atoms with Gasteiger partial charge in [-0.3, -0.25) is 0 Å². The number of unbranched alkanes of at least 4 members (excludes halogenated alkanes) is 1. The van der Waals surface area contributed by atoms with Gasteiger partial charge in [-0.05, 0) is 24.2 Å². The minimum Gasteiger partial charge on any atom is -0.247 e. The van der Waals surface area contributed by atoms with Crippen LogP contribution in [0, 0.1) is 11.3 Å². The zero-order chi connectivity index (χ0) is 11.9. The first-order chi connectivity index (χ1) is 6.88. The molecule has 0 saturated carbocycles. The quantitative estimate of drug-likeness (QED) is 0.590. The normalized spacial score (nSPS) is 13.9. The van der Waals surface area contributed by atoms with Crippen LogP contribution < -0.4 is 0 Å². The molecular formula is C13H25O2. The van der Waals surface area contributed by atoms with Crippen LogP contribution in [-0.4, -0.2) is 5.97 Å². The molecule has 0 aliphatic heterocycles. The maximum Gasteiger partial charge on any atom is 0.355 e. The average Bonchev–Trinajstić information content (AvgIpc) is 2.08. The third-order valence-electron chi connectivity index (χ3n) is 3.05. The van der Waals surface area contributed by atoms with Crippen molar-refractivity contribution in [2.24, 2.45) is 11.3 Å². The predicted molar refractivity (Wildman–Crippen MR) is 62.0 cm³/mol. The predicted octanol–water partition coefficient (Wildman–Crippen LogP) is 3.97. The smallest absolute Gasteiger partial charge is 0.247 e. The molecule has 0 aromatic carbocycles. The molecule has 1 atom stereocenters. The molecule has 0 heterocycles. The lowest BCUT2D eigenvalue weighted by atomic mass is 9.75. The van der Waals surface area contributed by atoms with Gasteiger partial charge in [-0.2, -0.15) is 0 Å². The van der Waals surface area contributed by atoms with Gasteiger partial charge in [0.2, 0.25) is 0 Å². The van der Waals surface area contributed by atoms with Crippen LogP contribution in [0.2, 0.25) is 0 Å². The molecular weight excluding hydrogens is 188 g/mol. The fourth-order valence-corrected chi connectivity index (χ4v) is 2.02. The van der Waals surface area contributed by atoms with E-state index in [0.29, 0.717) is 11.3 Å². The summed E-state index contributed by atoms with van der Waals surface area (Å²) in [7, 11) is 0. The highest BCUT2D eigenvalue weighted by Gasteiger charge is 2.22. The summed E-state index contributed by atoms with van der Waals surface area (Å²) in [5.74, 6) is -0.206. The van der Waals surface area contributed by atoms with Crippen LogP contribution in [0.15, 0.2) is 0 Å². The lowest BCUT2D eigenvalue weighted by Gasteiger charge is -2.30. The van der Waals surface area contributed by atoms with Gasteiger partial charge < -0.3 is 0 Å². The molecule has 0 fully saturated rings. The van der Waals surface area contributed by atoms with Crippen molar-refractivity contribution >= 4 is 5.97 Å². The Morgan fingerprint density at radius 1 is 1.13 bits per heavy atom. The van der Waals surface area contributed by atoms with Crippen LogP contribution in [0.25, 0.3) is 0 Å². The van der Waals surface area contributed by atoms with Crippen LogP contribution in [-0.2, 0) is 9.90 Å². The van der Waals surface area contributed by atoms with Crippen LogP contribution in [0.1, 0.15) is 66.2 Å². The van der Waals surface area contributed by atoms with Gasteiger partial charge in [0.15, 0.2) is 0 Å². The monoisotopic (exact) mass is 213 g/mol. The van der Waals surface area contributed by atoms with E-state index >= 15 is 0 Å². The molecule has 0 aliphatic carbocycles. The summed E-state index contributed by atoms with van der Waals surface area (Å²) in [6.45, 7) is 9.02. The lowest BCUT2D eigenvalue weighted by Crippen LogP contribution is -2.20. The van der Waals surface area contributed by atoms with Crippen LogP contribution in [0.3, 0.4) is 0 Å². The topological polar surface area (TPSA) is 37.0 Å². The van der Waals surface area contributed by atoms with Gasteiger partial charge in [0.05, 0.1) is 6.42 Å². The molecule has 0 saturated heterocycles. The van der Waals surface area contributed by atoms with Crippen LogP contribution in [0.5, 0.6) is 0 Å². The zero-order valence-electron chi connectivity index (χ0n) is 10.6. The molecule has 1 unspecified atom stereocenters. The average molecular weight is 213 g/mol. The Kier molecular flexibility index (Phi) is 6.62. The number of rotatable bonds is 7. The minimum atomic E-state index is -0.919. The SMILES string of the molecule is CCCC(CCCCC([O])=O)C(C)(C)C. The van der Waals surface area contributed by atoms with Crippen molar-refractivity contribution < 1.29 is 9.90 Å². The summed E-state index contributed by atoms with van der Waals surface area (Å²) in [5, 5.41) is 10.3. The van der Waals surface area contributed by atoms with E-state index in [1.165, 1.54) is 12.8 Å². The Bertz CT molecular complexity index is 179. The van der Waals surface area contributed by atoms with Crippen LogP contribution in [0.4, 0.5) is 0 Å². The van der Waals surface area contributed by atoms with Gasteiger partial charge in [-0.25, -0.2) is 9.90 Å². The molecule has 0 spiro atoms. The fourth-order valence-electron chi connectivity index (χ4n) is 2.02. The van der Waals surface area contributed by atoms with Gasteiger partial charge in [0, 0.05) is 0 Å². The van der Waals surface area contributed by atoms with E-state index in [9.17, 15) is 9.90 Å². The second-order valence-corrected chi connectivity index (χ2v) is 5.47. The van der Waals surface area contributed by atoms with E-state index in [2.05, 4.69) is 27.7 Å². The molecule has 89 valence electrons. The Morgan fingerprint density at radius 2 is 1.73 bits per heavy atom.